The number of ether oxygens (including phenoxy) is 1. The summed E-state index contributed by atoms with van der Waals surface area (Å²) in [6.07, 6.45) is 2.45. The summed E-state index contributed by atoms with van der Waals surface area (Å²) in [5.74, 6) is 0.608. The highest BCUT2D eigenvalue weighted by atomic mass is 16.5. The molecule has 1 fully saturated rings. The van der Waals surface area contributed by atoms with Crippen LogP contribution >= 0.6 is 0 Å². The van der Waals surface area contributed by atoms with Crippen molar-refractivity contribution in [2.45, 2.75) is 32.2 Å². The minimum absolute atomic E-state index is 0.0141. The number of likely N-dealkylation sites (tertiary alicyclic amines) is 1. The Morgan fingerprint density at radius 1 is 1.32 bits per heavy atom. The molecule has 0 N–H and O–H groups in total. The summed E-state index contributed by atoms with van der Waals surface area (Å²) in [5, 5.41) is 0. The van der Waals surface area contributed by atoms with Gasteiger partial charge in [0.15, 0.2) is 6.61 Å². The van der Waals surface area contributed by atoms with Crippen molar-refractivity contribution in [1.29, 1.82) is 0 Å². The molecule has 1 aromatic carbocycles. The van der Waals surface area contributed by atoms with E-state index in [1.54, 1.807) is 23.9 Å². The van der Waals surface area contributed by atoms with Crippen LogP contribution in [-0.4, -0.2) is 54.9 Å². The van der Waals surface area contributed by atoms with Crippen LogP contribution in [0, 0.1) is 0 Å². The van der Waals surface area contributed by atoms with Crippen molar-refractivity contribution >= 4 is 11.8 Å². The first-order valence-corrected chi connectivity index (χ1v) is 7.76. The summed E-state index contributed by atoms with van der Waals surface area (Å²) in [6, 6.07) is 7.38. The van der Waals surface area contributed by atoms with E-state index < -0.39 is 0 Å². The summed E-state index contributed by atoms with van der Waals surface area (Å²) in [6.45, 7) is 2.66. The highest BCUT2D eigenvalue weighted by Gasteiger charge is 2.34. The topological polar surface area (TPSA) is 49.9 Å². The minimum Gasteiger partial charge on any atom is -0.483 e. The molecule has 1 saturated heterocycles. The molecule has 0 aromatic heterocycles. The molecule has 2 rings (SSSR count). The molecule has 1 unspecified atom stereocenters. The monoisotopic (exact) mass is 304 g/mol. The van der Waals surface area contributed by atoms with E-state index in [-0.39, 0.29) is 24.5 Å². The van der Waals surface area contributed by atoms with Crippen LogP contribution < -0.4 is 4.74 Å². The second-order valence-corrected chi connectivity index (χ2v) is 5.73. The summed E-state index contributed by atoms with van der Waals surface area (Å²) in [4.78, 5) is 27.7. The summed E-state index contributed by atoms with van der Waals surface area (Å²) < 4.78 is 5.67. The van der Waals surface area contributed by atoms with Gasteiger partial charge in [-0.05, 0) is 30.9 Å². The van der Waals surface area contributed by atoms with E-state index in [1.807, 2.05) is 24.3 Å². The Morgan fingerprint density at radius 3 is 2.73 bits per heavy atom. The Morgan fingerprint density at radius 2 is 2.05 bits per heavy atom. The quantitative estimate of drug-likeness (QED) is 0.832. The Hall–Kier alpha value is -2.04. The third-order valence-corrected chi connectivity index (χ3v) is 4.00. The van der Waals surface area contributed by atoms with Gasteiger partial charge in [0.25, 0.3) is 5.91 Å². The number of rotatable bonds is 5. The van der Waals surface area contributed by atoms with Crippen molar-refractivity contribution in [3.8, 4) is 5.75 Å². The first-order valence-electron chi connectivity index (χ1n) is 7.76. The average molecular weight is 304 g/mol. The third-order valence-electron chi connectivity index (χ3n) is 4.00. The number of para-hydroxylation sites is 1. The molecule has 0 bridgehead atoms. The van der Waals surface area contributed by atoms with E-state index in [4.69, 9.17) is 4.74 Å². The predicted molar refractivity (Wildman–Crippen MR) is 84.7 cm³/mol. The Kier molecular flexibility index (Phi) is 5.41. The molecule has 2 amide bonds. The maximum Gasteiger partial charge on any atom is 0.261 e. The molecule has 1 atom stereocenters. The lowest BCUT2D eigenvalue weighted by Crippen LogP contribution is -2.47. The van der Waals surface area contributed by atoms with Crippen molar-refractivity contribution in [1.82, 2.24) is 9.80 Å². The van der Waals surface area contributed by atoms with Crippen LogP contribution in [0.25, 0.3) is 0 Å². The van der Waals surface area contributed by atoms with E-state index in [0.29, 0.717) is 6.54 Å². The van der Waals surface area contributed by atoms with E-state index in [9.17, 15) is 9.59 Å². The molecule has 1 aliphatic rings. The normalized spacial score (nSPS) is 17.4. The fourth-order valence-electron chi connectivity index (χ4n) is 2.78. The number of amides is 2. The van der Waals surface area contributed by atoms with Crippen LogP contribution in [0.2, 0.25) is 0 Å². The van der Waals surface area contributed by atoms with Crippen molar-refractivity contribution in [2.75, 3.05) is 27.2 Å². The Balaban J connectivity index is 1.98. The molecule has 1 aromatic rings. The number of hydrogen-bond donors (Lipinski definition) is 0. The van der Waals surface area contributed by atoms with Crippen molar-refractivity contribution < 1.29 is 14.3 Å². The predicted octanol–water partition coefficient (Wildman–Crippen LogP) is 1.71. The van der Waals surface area contributed by atoms with Crippen molar-refractivity contribution in [3.63, 3.8) is 0 Å². The number of benzene rings is 1. The van der Waals surface area contributed by atoms with Gasteiger partial charge in [0.2, 0.25) is 5.91 Å². The summed E-state index contributed by atoms with van der Waals surface area (Å²) in [5.41, 5.74) is 1.08. The lowest BCUT2D eigenvalue weighted by Gasteiger charge is -2.26. The van der Waals surface area contributed by atoms with Gasteiger partial charge in [-0.1, -0.05) is 25.1 Å². The van der Waals surface area contributed by atoms with Gasteiger partial charge in [0.05, 0.1) is 0 Å². The second-order valence-electron chi connectivity index (χ2n) is 5.73. The zero-order chi connectivity index (χ0) is 16.1. The Labute approximate surface area is 131 Å². The van der Waals surface area contributed by atoms with Crippen LogP contribution in [0.3, 0.4) is 0 Å². The van der Waals surface area contributed by atoms with Gasteiger partial charge < -0.3 is 14.5 Å². The first-order chi connectivity index (χ1) is 10.5. The smallest absolute Gasteiger partial charge is 0.261 e. The van der Waals surface area contributed by atoms with E-state index in [2.05, 4.69) is 6.92 Å². The average Bonchev–Trinajstić information content (AvgIpc) is 3.01. The maximum absolute atomic E-state index is 12.4. The number of likely N-dealkylation sites (N-methyl/N-ethyl adjacent to an activating group) is 1. The van der Waals surface area contributed by atoms with Crippen LogP contribution in [0.1, 0.15) is 25.3 Å². The Bertz CT molecular complexity index is 542. The SMILES string of the molecule is CCc1ccccc1OCC(=O)N1CCCC1C(=O)N(C)C. The van der Waals surface area contributed by atoms with Crippen LogP contribution in [0.4, 0.5) is 0 Å². The minimum atomic E-state index is -0.340. The fourth-order valence-corrected chi connectivity index (χ4v) is 2.78. The highest BCUT2D eigenvalue weighted by molar-refractivity contribution is 5.88. The van der Waals surface area contributed by atoms with Crippen molar-refractivity contribution in [3.05, 3.63) is 29.8 Å². The summed E-state index contributed by atoms with van der Waals surface area (Å²) >= 11 is 0. The molecule has 5 heteroatoms. The molecule has 0 radical (unpaired) electrons. The van der Waals surface area contributed by atoms with Gasteiger partial charge in [-0.25, -0.2) is 0 Å². The van der Waals surface area contributed by atoms with E-state index in [1.165, 1.54) is 0 Å². The van der Waals surface area contributed by atoms with Gasteiger partial charge >= 0.3 is 0 Å². The first kappa shape index (κ1) is 16.3. The number of nitrogens with zero attached hydrogens (tertiary/aromatic N) is 2. The van der Waals surface area contributed by atoms with Crippen LogP contribution in [0.15, 0.2) is 24.3 Å². The van der Waals surface area contributed by atoms with Crippen LogP contribution in [-0.2, 0) is 16.0 Å². The number of carbonyl (C=O) groups excluding carboxylic acids is 2. The molecule has 1 heterocycles. The second kappa shape index (κ2) is 7.29. The van der Waals surface area contributed by atoms with E-state index in [0.717, 1.165) is 30.6 Å². The molecule has 0 spiro atoms. The molecular formula is C17H24N2O3. The molecule has 5 nitrogen and oxygen atoms in total. The summed E-state index contributed by atoms with van der Waals surface area (Å²) in [7, 11) is 3.44. The highest BCUT2D eigenvalue weighted by Crippen LogP contribution is 2.21. The maximum atomic E-state index is 12.4. The number of carbonyl (C=O) groups is 2. The fraction of sp³-hybridized carbons (Fsp3) is 0.529. The van der Waals surface area contributed by atoms with E-state index >= 15 is 0 Å². The third kappa shape index (κ3) is 3.59. The molecular weight excluding hydrogens is 280 g/mol. The standard InChI is InChI=1S/C17H24N2O3/c1-4-13-8-5-6-10-15(13)22-12-16(20)19-11-7-9-14(19)17(21)18(2)3/h5-6,8,10,14H,4,7,9,11-12H2,1-3H3. The molecule has 1 aliphatic heterocycles. The van der Waals surface area contributed by atoms with Crippen molar-refractivity contribution in [2.24, 2.45) is 0 Å². The van der Waals surface area contributed by atoms with Gasteiger partial charge in [-0.15, -0.1) is 0 Å². The van der Waals surface area contributed by atoms with Gasteiger partial charge in [0.1, 0.15) is 11.8 Å². The zero-order valence-corrected chi connectivity index (χ0v) is 13.5. The molecule has 0 aliphatic carbocycles. The van der Waals surface area contributed by atoms with Gasteiger partial charge in [-0.2, -0.15) is 0 Å². The largest absolute Gasteiger partial charge is 0.483 e. The lowest BCUT2D eigenvalue weighted by atomic mass is 10.1. The molecule has 120 valence electrons. The van der Waals surface area contributed by atoms with Gasteiger partial charge in [-0.3, -0.25) is 9.59 Å². The number of aryl methyl sites for hydroxylation is 1. The van der Waals surface area contributed by atoms with Crippen LogP contribution in [0.5, 0.6) is 5.75 Å². The zero-order valence-electron chi connectivity index (χ0n) is 13.5. The molecule has 22 heavy (non-hydrogen) atoms. The van der Waals surface area contributed by atoms with Gasteiger partial charge in [0, 0.05) is 20.6 Å². The number of hydrogen-bond acceptors (Lipinski definition) is 3. The lowest BCUT2D eigenvalue weighted by molar-refractivity contribution is -0.143. The molecule has 0 saturated carbocycles.